The van der Waals surface area contributed by atoms with Crippen molar-refractivity contribution in [3.8, 4) is 10.7 Å². The highest BCUT2D eigenvalue weighted by atomic mass is 32.1. The van der Waals surface area contributed by atoms with E-state index in [1.165, 1.54) is 11.3 Å². The van der Waals surface area contributed by atoms with Gasteiger partial charge in [-0.05, 0) is 43.3 Å². The number of nitrogens with zero attached hydrogens (tertiary/aromatic N) is 3. The van der Waals surface area contributed by atoms with E-state index in [1.807, 2.05) is 56.4 Å². The summed E-state index contributed by atoms with van der Waals surface area (Å²) in [6.45, 7) is 1.95. The van der Waals surface area contributed by atoms with E-state index in [0.29, 0.717) is 5.69 Å². The molecular weight excluding hydrogens is 380 g/mol. The number of rotatable bonds is 3. The Kier molecular flexibility index (Phi) is 4.14. The smallest absolute Gasteiger partial charge is 0.275 e. The summed E-state index contributed by atoms with van der Waals surface area (Å²) < 4.78 is 2.11. The van der Waals surface area contributed by atoms with E-state index in [9.17, 15) is 4.79 Å². The molecule has 5 rings (SSSR count). The lowest BCUT2D eigenvalue weighted by atomic mass is 10.1. The first-order chi connectivity index (χ1) is 14.1. The van der Waals surface area contributed by atoms with E-state index in [2.05, 4.69) is 38.1 Å². The van der Waals surface area contributed by atoms with Gasteiger partial charge in [0.15, 0.2) is 0 Å². The number of nitrogens with one attached hydrogen (secondary N) is 1. The summed E-state index contributed by atoms with van der Waals surface area (Å²) in [5, 5.41) is 7.68. The third kappa shape index (κ3) is 3.07. The van der Waals surface area contributed by atoms with Gasteiger partial charge in [0.05, 0.1) is 16.9 Å². The first kappa shape index (κ1) is 17.6. The molecule has 5 nitrogen and oxygen atoms in total. The van der Waals surface area contributed by atoms with Crippen molar-refractivity contribution in [1.82, 2.24) is 14.5 Å². The van der Waals surface area contributed by atoms with Crippen molar-refractivity contribution in [2.45, 2.75) is 6.92 Å². The maximum absolute atomic E-state index is 12.8. The molecule has 3 heterocycles. The Morgan fingerprint density at radius 2 is 1.90 bits per heavy atom. The number of thiazole rings is 1. The summed E-state index contributed by atoms with van der Waals surface area (Å²) >= 11 is 1.47. The fourth-order valence-corrected chi connectivity index (χ4v) is 4.39. The number of aromatic nitrogens is 3. The molecule has 29 heavy (non-hydrogen) atoms. The van der Waals surface area contributed by atoms with Crippen molar-refractivity contribution in [3.63, 3.8) is 0 Å². The van der Waals surface area contributed by atoms with Crippen LogP contribution < -0.4 is 5.32 Å². The highest BCUT2D eigenvalue weighted by Gasteiger charge is 2.16. The number of anilines is 1. The van der Waals surface area contributed by atoms with Gasteiger partial charge in [-0.15, -0.1) is 11.3 Å². The Hall–Kier alpha value is -3.51. The van der Waals surface area contributed by atoms with E-state index in [-0.39, 0.29) is 5.91 Å². The number of pyridine rings is 1. The number of hydrogen-bond acceptors (Lipinski definition) is 4. The summed E-state index contributed by atoms with van der Waals surface area (Å²) in [5.74, 6) is -0.223. The second kappa shape index (κ2) is 6.83. The average Bonchev–Trinajstić information content (AvgIpc) is 3.33. The minimum atomic E-state index is -0.223. The van der Waals surface area contributed by atoms with Crippen LogP contribution in [0.1, 0.15) is 16.2 Å². The first-order valence-corrected chi connectivity index (χ1v) is 10.2. The molecule has 142 valence electrons. The van der Waals surface area contributed by atoms with Crippen LogP contribution in [0.5, 0.6) is 0 Å². The van der Waals surface area contributed by atoms with E-state index in [0.717, 1.165) is 43.9 Å². The largest absolute Gasteiger partial charge is 0.342 e. The van der Waals surface area contributed by atoms with E-state index >= 15 is 0 Å². The van der Waals surface area contributed by atoms with Crippen molar-refractivity contribution in [2.24, 2.45) is 7.05 Å². The minimum absolute atomic E-state index is 0.223. The van der Waals surface area contributed by atoms with Crippen LogP contribution in [0.4, 0.5) is 5.69 Å². The van der Waals surface area contributed by atoms with Crippen LogP contribution in [0.3, 0.4) is 0 Å². The summed E-state index contributed by atoms with van der Waals surface area (Å²) in [7, 11) is 2.02. The molecule has 2 aromatic carbocycles. The molecule has 0 saturated heterocycles. The van der Waals surface area contributed by atoms with E-state index in [4.69, 9.17) is 0 Å². The second-order valence-electron chi connectivity index (χ2n) is 6.96. The van der Waals surface area contributed by atoms with Crippen LogP contribution >= 0.6 is 11.3 Å². The maximum Gasteiger partial charge on any atom is 0.275 e. The lowest BCUT2D eigenvalue weighted by Crippen LogP contribution is -2.12. The Bertz CT molecular complexity index is 1380. The predicted molar refractivity (Wildman–Crippen MR) is 118 cm³/mol. The molecule has 0 aliphatic carbocycles. The lowest BCUT2D eigenvalue weighted by molar-refractivity contribution is 0.102. The summed E-state index contributed by atoms with van der Waals surface area (Å²) in [6, 6.07) is 20.0. The van der Waals surface area contributed by atoms with Crippen LogP contribution in [0.2, 0.25) is 0 Å². The molecule has 1 amide bonds. The molecule has 0 bridgehead atoms. The molecular formula is C23H18N4OS. The van der Waals surface area contributed by atoms with Crippen LogP contribution in [0.15, 0.2) is 66.0 Å². The summed E-state index contributed by atoms with van der Waals surface area (Å²) in [5.41, 5.74) is 5.09. The van der Waals surface area contributed by atoms with E-state index < -0.39 is 0 Å². The molecule has 0 aliphatic heterocycles. The molecule has 0 fully saturated rings. The molecule has 0 atom stereocenters. The van der Waals surface area contributed by atoms with Gasteiger partial charge in [-0.25, -0.2) is 4.98 Å². The monoisotopic (exact) mass is 398 g/mol. The topological polar surface area (TPSA) is 59.8 Å². The third-order valence-electron chi connectivity index (χ3n) is 5.03. The highest BCUT2D eigenvalue weighted by Crippen LogP contribution is 2.30. The zero-order valence-corrected chi connectivity index (χ0v) is 16.8. The highest BCUT2D eigenvalue weighted by molar-refractivity contribution is 7.13. The van der Waals surface area contributed by atoms with Crippen molar-refractivity contribution in [3.05, 3.63) is 77.4 Å². The standard InChI is InChI=1S/C23H18N4OS/c1-14-10-11-16-17(24-14)7-5-8-18(16)25-22(28)19-13-29-23(26-19)21-12-15-6-3-4-9-20(15)27(21)2/h3-13H,1-2H3,(H,25,28). The van der Waals surface area contributed by atoms with Crippen molar-refractivity contribution in [2.75, 3.05) is 5.32 Å². The summed E-state index contributed by atoms with van der Waals surface area (Å²) in [6.07, 6.45) is 0. The average molecular weight is 398 g/mol. The Morgan fingerprint density at radius 3 is 2.76 bits per heavy atom. The van der Waals surface area contributed by atoms with Crippen LogP contribution in [-0.4, -0.2) is 20.4 Å². The third-order valence-corrected chi connectivity index (χ3v) is 5.89. The molecule has 0 saturated carbocycles. The van der Waals surface area contributed by atoms with Gasteiger partial charge >= 0.3 is 0 Å². The normalized spacial score (nSPS) is 11.2. The van der Waals surface area contributed by atoms with Gasteiger partial charge < -0.3 is 9.88 Å². The van der Waals surface area contributed by atoms with Crippen LogP contribution in [0, 0.1) is 6.92 Å². The number of fused-ring (bicyclic) bond motifs is 2. The Labute approximate surface area is 171 Å². The zero-order valence-electron chi connectivity index (χ0n) is 16.0. The number of amides is 1. The first-order valence-electron chi connectivity index (χ1n) is 9.28. The molecule has 0 spiro atoms. The van der Waals surface area contributed by atoms with Gasteiger partial charge in [0.1, 0.15) is 10.7 Å². The second-order valence-corrected chi connectivity index (χ2v) is 7.82. The van der Waals surface area contributed by atoms with E-state index in [1.54, 1.807) is 5.38 Å². The summed E-state index contributed by atoms with van der Waals surface area (Å²) in [4.78, 5) is 22.0. The molecule has 3 aromatic heterocycles. The molecule has 0 radical (unpaired) electrons. The predicted octanol–water partition coefficient (Wildman–Crippen LogP) is 5.41. The van der Waals surface area contributed by atoms with Gasteiger partial charge in [-0.1, -0.05) is 24.3 Å². The van der Waals surface area contributed by atoms with Crippen molar-refractivity contribution >= 4 is 44.7 Å². The van der Waals surface area contributed by atoms with Gasteiger partial charge in [0, 0.05) is 34.4 Å². The lowest BCUT2D eigenvalue weighted by Gasteiger charge is -2.07. The van der Waals surface area contributed by atoms with Crippen LogP contribution in [0.25, 0.3) is 32.5 Å². The molecule has 5 aromatic rings. The fraction of sp³-hybridized carbons (Fsp3) is 0.0870. The fourth-order valence-electron chi connectivity index (χ4n) is 3.54. The number of carbonyl (C=O) groups is 1. The SMILES string of the molecule is Cc1ccc2c(NC(=O)c3csc(-c4cc5ccccc5n4C)n3)cccc2n1. The zero-order chi connectivity index (χ0) is 20.0. The number of carbonyl (C=O) groups excluding carboxylic acids is 1. The number of hydrogen-bond donors (Lipinski definition) is 1. The van der Waals surface area contributed by atoms with Crippen LogP contribution in [-0.2, 0) is 7.05 Å². The maximum atomic E-state index is 12.8. The van der Waals surface area contributed by atoms with Gasteiger partial charge in [-0.3, -0.25) is 9.78 Å². The Balaban J connectivity index is 1.46. The minimum Gasteiger partial charge on any atom is -0.342 e. The van der Waals surface area contributed by atoms with Gasteiger partial charge in [0.25, 0.3) is 5.91 Å². The number of benzene rings is 2. The van der Waals surface area contributed by atoms with Gasteiger partial charge in [0.2, 0.25) is 0 Å². The molecule has 0 unspecified atom stereocenters. The Morgan fingerprint density at radius 1 is 1.03 bits per heavy atom. The molecule has 1 N–H and O–H groups in total. The quantitative estimate of drug-likeness (QED) is 0.442. The number of aryl methyl sites for hydroxylation is 2. The number of para-hydroxylation sites is 1. The molecule has 0 aliphatic rings. The van der Waals surface area contributed by atoms with Crippen molar-refractivity contribution in [1.29, 1.82) is 0 Å². The van der Waals surface area contributed by atoms with Crippen molar-refractivity contribution < 1.29 is 4.79 Å². The molecule has 6 heteroatoms. The van der Waals surface area contributed by atoms with Gasteiger partial charge in [-0.2, -0.15) is 0 Å².